The predicted octanol–water partition coefficient (Wildman–Crippen LogP) is 8.11. The van der Waals surface area contributed by atoms with Crippen LogP contribution in [0.1, 0.15) is 73.7 Å². The zero-order valence-electron chi connectivity index (χ0n) is 24.4. The van der Waals surface area contributed by atoms with E-state index in [1.165, 1.54) is 12.8 Å². The van der Waals surface area contributed by atoms with Crippen molar-refractivity contribution >= 4 is 16.7 Å². The van der Waals surface area contributed by atoms with Crippen molar-refractivity contribution in [2.24, 2.45) is 13.0 Å². The summed E-state index contributed by atoms with van der Waals surface area (Å²) >= 11 is 0. The van der Waals surface area contributed by atoms with E-state index in [0.29, 0.717) is 18.3 Å². The first kappa shape index (κ1) is 30.9. The lowest BCUT2D eigenvalue weighted by molar-refractivity contribution is -0.143. The summed E-state index contributed by atoms with van der Waals surface area (Å²) in [4.78, 5) is 9.15. The maximum atomic E-state index is 13.7. The maximum Gasteiger partial charge on any atom is 0.416 e. The fourth-order valence-electron chi connectivity index (χ4n) is 5.93. The molecule has 1 saturated carbocycles. The van der Waals surface area contributed by atoms with Gasteiger partial charge in [0.15, 0.2) is 5.82 Å². The van der Waals surface area contributed by atoms with Crippen molar-refractivity contribution in [3.8, 4) is 0 Å². The molecule has 1 fully saturated rings. The summed E-state index contributed by atoms with van der Waals surface area (Å²) in [6, 6.07) is 10.7. The number of aromatic amines is 1. The van der Waals surface area contributed by atoms with E-state index in [1.807, 2.05) is 35.2 Å². The monoisotopic (exact) mass is 606 g/mol. The second kappa shape index (κ2) is 12.2. The molecule has 0 amide bonds. The van der Waals surface area contributed by atoms with E-state index in [4.69, 9.17) is 4.98 Å². The zero-order chi connectivity index (χ0) is 30.9. The largest absolute Gasteiger partial charge is 0.416 e. The van der Waals surface area contributed by atoms with Gasteiger partial charge in [0, 0.05) is 43.7 Å². The molecule has 2 aromatic carbocycles. The van der Waals surface area contributed by atoms with Crippen molar-refractivity contribution in [2.45, 2.75) is 71.0 Å². The second-order valence-electron chi connectivity index (χ2n) is 11.5. The van der Waals surface area contributed by atoms with Crippen LogP contribution >= 0.6 is 0 Å². The van der Waals surface area contributed by atoms with Crippen LogP contribution in [0.15, 0.2) is 48.5 Å². The molecule has 43 heavy (non-hydrogen) atoms. The second-order valence-corrected chi connectivity index (χ2v) is 11.5. The number of para-hydroxylation sites is 1. The van der Waals surface area contributed by atoms with Gasteiger partial charge in [-0.3, -0.25) is 9.58 Å². The summed E-state index contributed by atoms with van der Waals surface area (Å²) in [5, 5.41) is 7.83. The number of halogens is 6. The molecule has 5 rings (SSSR count). The average molecular weight is 607 g/mol. The van der Waals surface area contributed by atoms with Crippen molar-refractivity contribution in [1.29, 1.82) is 0 Å². The van der Waals surface area contributed by atoms with Crippen LogP contribution in [0, 0.1) is 5.92 Å². The first-order chi connectivity index (χ1) is 20.3. The van der Waals surface area contributed by atoms with Gasteiger partial charge >= 0.3 is 12.4 Å². The summed E-state index contributed by atoms with van der Waals surface area (Å²) in [6.45, 7) is 5.69. The zero-order valence-corrected chi connectivity index (χ0v) is 24.4. The van der Waals surface area contributed by atoms with Crippen molar-refractivity contribution in [3.63, 3.8) is 0 Å². The Morgan fingerprint density at radius 2 is 1.60 bits per heavy atom. The lowest BCUT2D eigenvalue weighted by atomic mass is 9.98. The highest BCUT2D eigenvalue weighted by atomic mass is 19.4. The standard InChI is InChI=1S/C31H36F6N6/c1-4-42(17-21-9-5-6-10-21)29-24(13-22-11-7-8-12-27(22)38-29)18-43(19-28-39-40-41(28)3)20(2)23-14-25(30(32,33)34)16-26(15-23)31(35,36)37/h7-8,11-16,20-21,40H,4-6,9-10,17-19H2,1-3H3/t20-/m1/s1. The van der Waals surface area contributed by atoms with E-state index in [-0.39, 0.29) is 24.7 Å². The van der Waals surface area contributed by atoms with Crippen LogP contribution in [0.2, 0.25) is 0 Å². The Morgan fingerprint density at radius 3 is 2.16 bits per heavy atom. The van der Waals surface area contributed by atoms with Crippen LogP contribution in [-0.4, -0.2) is 38.0 Å². The van der Waals surface area contributed by atoms with Crippen LogP contribution in [0.5, 0.6) is 0 Å². The molecule has 1 aliphatic rings. The normalized spacial score (nSPS) is 15.6. The minimum Gasteiger partial charge on any atom is -0.356 e. The number of H-pyrrole nitrogens is 1. The molecule has 0 spiro atoms. The Kier molecular flexibility index (Phi) is 8.78. The van der Waals surface area contributed by atoms with Crippen LogP contribution in [-0.2, 0) is 32.5 Å². The van der Waals surface area contributed by atoms with Crippen molar-refractivity contribution in [3.05, 3.63) is 76.6 Å². The number of hydrogen-bond acceptors (Lipinski definition) is 4. The molecule has 2 heterocycles. The van der Waals surface area contributed by atoms with Crippen LogP contribution in [0.25, 0.3) is 10.9 Å². The number of nitrogens with one attached hydrogen (secondary N) is 1. The molecule has 12 heteroatoms. The molecular formula is C31H36F6N6. The molecule has 0 saturated heterocycles. The number of nitrogens with zero attached hydrogens (tertiary/aromatic N) is 5. The van der Waals surface area contributed by atoms with E-state index in [0.717, 1.165) is 53.8 Å². The Hall–Kier alpha value is -3.54. The predicted molar refractivity (Wildman–Crippen MR) is 153 cm³/mol. The summed E-state index contributed by atoms with van der Waals surface area (Å²) in [7, 11) is 1.75. The number of aryl methyl sites for hydroxylation is 1. The average Bonchev–Trinajstić information content (AvgIpc) is 3.48. The first-order valence-electron chi connectivity index (χ1n) is 14.6. The van der Waals surface area contributed by atoms with Crippen molar-refractivity contribution in [1.82, 2.24) is 24.9 Å². The maximum absolute atomic E-state index is 13.7. The SMILES string of the molecule is CCN(CC1CCCC1)c1nc2ccccc2cc1CN(Cc1n[nH]n1C)[C@H](C)c1cc(C(F)(F)F)cc(C(F)(F)F)c1. The number of aromatic nitrogens is 4. The van der Waals surface area contributed by atoms with Gasteiger partial charge in [-0.05, 0) is 68.5 Å². The first-order valence-corrected chi connectivity index (χ1v) is 14.6. The van der Waals surface area contributed by atoms with Crippen LogP contribution < -0.4 is 4.90 Å². The molecule has 0 radical (unpaired) electrons. The van der Waals surface area contributed by atoms with Gasteiger partial charge in [0.2, 0.25) is 0 Å². The Balaban J connectivity index is 1.58. The van der Waals surface area contributed by atoms with E-state index in [9.17, 15) is 26.3 Å². The Morgan fingerprint density at radius 1 is 0.953 bits per heavy atom. The van der Waals surface area contributed by atoms with Crippen LogP contribution in [0.3, 0.4) is 0 Å². The van der Waals surface area contributed by atoms with Gasteiger partial charge in [-0.1, -0.05) is 31.0 Å². The molecule has 1 N–H and O–H groups in total. The lowest BCUT2D eigenvalue weighted by Gasteiger charge is -2.33. The fourth-order valence-corrected chi connectivity index (χ4v) is 5.93. The Bertz CT molecular complexity index is 1500. The third-order valence-corrected chi connectivity index (χ3v) is 8.49. The number of benzene rings is 2. The van der Waals surface area contributed by atoms with Gasteiger partial charge < -0.3 is 4.90 Å². The molecule has 1 aliphatic carbocycles. The third-order valence-electron chi connectivity index (χ3n) is 8.49. The van der Waals surface area contributed by atoms with E-state index in [1.54, 1.807) is 18.7 Å². The third kappa shape index (κ3) is 7.00. The highest BCUT2D eigenvalue weighted by Crippen LogP contribution is 2.39. The molecule has 0 bridgehead atoms. The van der Waals surface area contributed by atoms with Gasteiger partial charge in [0.25, 0.3) is 0 Å². The molecule has 2 aromatic heterocycles. The highest BCUT2D eigenvalue weighted by molar-refractivity contribution is 5.81. The molecule has 6 nitrogen and oxygen atoms in total. The summed E-state index contributed by atoms with van der Waals surface area (Å²) in [6.07, 6.45) is -5.16. The van der Waals surface area contributed by atoms with Gasteiger partial charge in [-0.2, -0.15) is 26.3 Å². The van der Waals surface area contributed by atoms with Gasteiger partial charge in [-0.15, -0.1) is 5.10 Å². The molecule has 0 aliphatic heterocycles. The van der Waals surface area contributed by atoms with Gasteiger partial charge in [-0.25, -0.2) is 10.2 Å². The lowest BCUT2D eigenvalue weighted by Crippen LogP contribution is -2.34. The number of fused-ring (bicyclic) bond motifs is 1. The quantitative estimate of drug-likeness (QED) is 0.185. The summed E-state index contributed by atoms with van der Waals surface area (Å²) in [5.41, 5.74) is -1.06. The van der Waals surface area contributed by atoms with Gasteiger partial charge in [0.1, 0.15) is 5.82 Å². The van der Waals surface area contributed by atoms with Crippen molar-refractivity contribution < 1.29 is 26.3 Å². The minimum absolute atomic E-state index is 0.0775. The van der Waals surface area contributed by atoms with E-state index >= 15 is 0 Å². The van der Waals surface area contributed by atoms with E-state index < -0.39 is 29.5 Å². The summed E-state index contributed by atoms with van der Waals surface area (Å²) in [5.74, 6) is 1.95. The number of pyridine rings is 1. The number of anilines is 1. The van der Waals surface area contributed by atoms with Crippen molar-refractivity contribution in [2.75, 3.05) is 18.0 Å². The number of hydrogen-bond donors (Lipinski definition) is 1. The Labute approximate surface area is 246 Å². The smallest absolute Gasteiger partial charge is 0.356 e. The molecule has 4 aromatic rings. The highest BCUT2D eigenvalue weighted by Gasteiger charge is 2.38. The minimum atomic E-state index is -4.93. The van der Waals surface area contributed by atoms with E-state index in [2.05, 4.69) is 22.1 Å². The molecule has 1 atom stereocenters. The topological polar surface area (TPSA) is 53.0 Å². The van der Waals surface area contributed by atoms with Gasteiger partial charge in [0.05, 0.1) is 23.2 Å². The van der Waals surface area contributed by atoms with Crippen LogP contribution in [0.4, 0.5) is 32.2 Å². The number of alkyl halides is 6. The molecule has 0 unspecified atom stereocenters. The molecular weight excluding hydrogens is 570 g/mol. The fraction of sp³-hybridized carbons (Fsp3) is 0.484. The summed E-state index contributed by atoms with van der Waals surface area (Å²) < 4.78 is 84.1. The number of rotatable bonds is 10. The molecule has 232 valence electrons.